The molecular formula is C16H24FNO. The van der Waals surface area contributed by atoms with Crippen LogP contribution in [0.4, 0.5) is 10.1 Å². The van der Waals surface area contributed by atoms with Crippen molar-refractivity contribution in [1.82, 2.24) is 0 Å². The van der Waals surface area contributed by atoms with Gasteiger partial charge in [-0.25, -0.2) is 4.39 Å². The predicted octanol–water partition coefficient (Wildman–Crippen LogP) is 3.81. The third-order valence-corrected chi connectivity index (χ3v) is 3.85. The minimum atomic E-state index is -0.0914. The van der Waals surface area contributed by atoms with Crippen LogP contribution >= 0.6 is 0 Å². The SMILES string of the molecule is CC.CC(C)c1ccc(N2CC3(COC3)C2)c(F)c1. The molecular weight excluding hydrogens is 241 g/mol. The number of ether oxygens (including phenoxy) is 1. The first-order valence-electron chi connectivity index (χ1n) is 7.22. The van der Waals surface area contributed by atoms with E-state index in [0.717, 1.165) is 37.6 Å². The molecule has 0 aromatic heterocycles. The largest absolute Gasteiger partial charge is 0.380 e. The summed E-state index contributed by atoms with van der Waals surface area (Å²) >= 11 is 0. The maximum absolute atomic E-state index is 14.0. The lowest BCUT2D eigenvalue weighted by molar-refractivity contribution is -0.127. The molecule has 106 valence electrons. The van der Waals surface area contributed by atoms with Crippen LogP contribution in [0.25, 0.3) is 0 Å². The summed E-state index contributed by atoms with van der Waals surface area (Å²) in [5.41, 5.74) is 2.14. The minimum absolute atomic E-state index is 0.0914. The molecule has 19 heavy (non-hydrogen) atoms. The summed E-state index contributed by atoms with van der Waals surface area (Å²) in [6.45, 7) is 11.7. The molecule has 0 amide bonds. The van der Waals surface area contributed by atoms with Crippen molar-refractivity contribution in [2.24, 2.45) is 5.41 Å². The van der Waals surface area contributed by atoms with E-state index >= 15 is 0 Å². The highest BCUT2D eigenvalue weighted by atomic mass is 19.1. The Hall–Kier alpha value is -1.09. The van der Waals surface area contributed by atoms with Crippen molar-refractivity contribution in [1.29, 1.82) is 0 Å². The molecule has 1 aromatic carbocycles. The third-order valence-electron chi connectivity index (χ3n) is 3.85. The van der Waals surface area contributed by atoms with Gasteiger partial charge in [-0.1, -0.05) is 33.8 Å². The molecule has 2 fully saturated rings. The normalized spacial score (nSPS) is 19.6. The van der Waals surface area contributed by atoms with E-state index in [-0.39, 0.29) is 5.82 Å². The topological polar surface area (TPSA) is 12.5 Å². The Bertz CT molecular complexity index is 432. The molecule has 0 N–H and O–H groups in total. The van der Waals surface area contributed by atoms with Crippen LogP contribution in [0.15, 0.2) is 18.2 Å². The smallest absolute Gasteiger partial charge is 0.146 e. The number of hydrogen-bond donors (Lipinski definition) is 0. The van der Waals surface area contributed by atoms with Crippen molar-refractivity contribution in [2.45, 2.75) is 33.6 Å². The van der Waals surface area contributed by atoms with Gasteiger partial charge < -0.3 is 9.64 Å². The number of halogens is 1. The average molecular weight is 265 g/mol. The van der Waals surface area contributed by atoms with Crippen LogP contribution in [-0.4, -0.2) is 26.3 Å². The van der Waals surface area contributed by atoms with Gasteiger partial charge in [-0.15, -0.1) is 0 Å². The molecule has 0 atom stereocenters. The molecule has 0 bridgehead atoms. The van der Waals surface area contributed by atoms with Crippen LogP contribution in [0.1, 0.15) is 39.2 Å². The lowest BCUT2D eigenvalue weighted by Crippen LogP contribution is -2.66. The number of rotatable bonds is 2. The van der Waals surface area contributed by atoms with Gasteiger partial charge in [0.1, 0.15) is 5.82 Å². The predicted molar refractivity (Wildman–Crippen MR) is 77.3 cm³/mol. The van der Waals surface area contributed by atoms with E-state index in [2.05, 4.69) is 18.7 Å². The lowest BCUT2D eigenvalue weighted by Gasteiger charge is -2.56. The highest BCUT2D eigenvalue weighted by molar-refractivity contribution is 5.53. The molecule has 0 aliphatic carbocycles. The standard InChI is InChI=1S/C14H18FNO.C2H6/c1-10(2)11-3-4-13(12(15)5-11)16-6-14(7-16)8-17-9-14;1-2/h3-5,10H,6-9H2,1-2H3;1-2H3. The fourth-order valence-corrected chi connectivity index (χ4v) is 2.65. The molecule has 3 rings (SSSR count). The molecule has 3 heteroatoms. The Labute approximate surface area is 115 Å². The molecule has 0 radical (unpaired) electrons. The fraction of sp³-hybridized carbons (Fsp3) is 0.625. The summed E-state index contributed by atoms with van der Waals surface area (Å²) in [7, 11) is 0. The lowest BCUT2D eigenvalue weighted by atomic mass is 9.77. The number of nitrogens with zero attached hydrogens (tertiary/aromatic N) is 1. The second-order valence-corrected chi connectivity index (χ2v) is 5.71. The first-order valence-corrected chi connectivity index (χ1v) is 7.22. The number of benzene rings is 1. The maximum Gasteiger partial charge on any atom is 0.146 e. The van der Waals surface area contributed by atoms with Gasteiger partial charge in [-0.2, -0.15) is 0 Å². The van der Waals surface area contributed by atoms with Crippen molar-refractivity contribution in [2.75, 3.05) is 31.2 Å². The van der Waals surface area contributed by atoms with Crippen LogP contribution in [0.3, 0.4) is 0 Å². The van der Waals surface area contributed by atoms with Crippen LogP contribution < -0.4 is 4.90 Å². The summed E-state index contributed by atoms with van der Waals surface area (Å²) in [5, 5.41) is 0. The van der Waals surface area contributed by atoms with Gasteiger partial charge in [0, 0.05) is 13.1 Å². The van der Waals surface area contributed by atoms with Crippen molar-refractivity contribution >= 4 is 5.69 Å². The van der Waals surface area contributed by atoms with Gasteiger partial charge in [0.15, 0.2) is 0 Å². The Morgan fingerprint density at radius 3 is 2.26 bits per heavy atom. The summed E-state index contributed by atoms with van der Waals surface area (Å²) in [5.74, 6) is 0.285. The first kappa shape index (κ1) is 14.3. The minimum Gasteiger partial charge on any atom is -0.380 e. The van der Waals surface area contributed by atoms with E-state index in [1.54, 1.807) is 6.07 Å². The van der Waals surface area contributed by atoms with Crippen molar-refractivity contribution in [3.63, 3.8) is 0 Å². The second-order valence-electron chi connectivity index (χ2n) is 5.71. The quantitative estimate of drug-likeness (QED) is 0.806. The van der Waals surface area contributed by atoms with Crippen molar-refractivity contribution < 1.29 is 9.13 Å². The van der Waals surface area contributed by atoms with Crippen LogP contribution in [0, 0.1) is 11.2 Å². The zero-order valence-electron chi connectivity index (χ0n) is 12.4. The van der Waals surface area contributed by atoms with E-state index in [1.807, 2.05) is 26.0 Å². The zero-order valence-corrected chi connectivity index (χ0v) is 12.4. The molecule has 2 aliphatic heterocycles. The highest BCUT2D eigenvalue weighted by Crippen LogP contribution is 2.41. The summed E-state index contributed by atoms with van der Waals surface area (Å²) in [4.78, 5) is 2.11. The fourth-order valence-electron chi connectivity index (χ4n) is 2.65. The van der Waals surface area contributed by atoms with Gasteiger partial charge in [-0.3, -0.25) is 0 Å². The van der Waals surface area contributed by atoms with Crippen LogP contribution in [0.5, 0.6) is 0 Å². The Morgan fingerprint density at radius 2 is 1.84 bits per heavy atom. The molecule has 2 nitrogen and oxygen atoms in total. The van der Waals surface area contributed by atoms with Gasteiger partial charge in [-0.05, 0) is 23.6 Å². The Morgan fingerprint density at radius 1 is 1.21 bits per heavy atom. The molecule has 2 saturated heterocycles. The zero-order chi connectivity index (χ0) is 14.0. The Balaban J connectivity index is 0.000000637. The second kappa shape index (κ2) is 5.49. The summed E-state index contributed by atoms with van der Waals surface area (Å²) in [6.07, 6.45) is 0. The van der Waals surface area contributed by atoms with Gasteiger partial charge in [0.05, 0.1) is 24.3 Å². The van der Waals surface area contributed by atoms with Gasteiger partial charge in [0.25, 0.3) is 0 Å². The van der Waals surface area contributed by atoms with Gasteiger partial charge in [0.2, 0.25) is 0 Å². The van der Waals surface area contributed by atoms with Gasteiger partial charge >= 0.3 is 0 Å². The molecule has 1 aromatic rings. The number of anilines is 1. The molecule has 1 spiro atoms. The Kier molecular flexibility index (Phi) is 4.14. The third kappa shape index (κ3) is 2.62. The first-order chi connectivity index (χ1) is 9.10. The molecule has 2 aliphatic rings. The van der Waals surface area contributed by atoms with E-state index in [0.29, 0.717) is 11.3 Å². The van der Waals surface area contributed by atoms with E-state index in [9.17, 15) is 4.39 Å². The summed E-state index contributed by atoms with van der Waals surface area (Å²) in [6, 6.07) is 5.62. The molecule has 2 heterocycles. The van der Waals surface area contributed by atoms with Crippen molar-refractivity contribution in [3.8, 4) is 0 Å². The van der Waals surface area contributed by atoms with Crippen LogP contribution in [-0.2, 0) is 4.74 Å². The van der Waals surface area contributed by atoms with Crippen LogP contribution in [0.2, 0.25) is 0 Å². The number of hydrogen-bond acceptors (Lipinski definition) is 2. The molecule has 0 saturated carbocycles. The maximum atomic E-state index is 14.0. The van der Waals surface area contributed by atoms with E-state index in [1.165, 1.54) is 0 Å². The summed E-state index contributed by atoms with van der Waals surface area (Å²) < 4.78 is 19.2. The molecule has 0 unspecified atom stereocenters. The highest BCUT2D eigenvalue weighted by Gasteiger charge is 2.49. The monoisotopic (exact) mass is 265 g/mol. The van der Waals surface area contributed by atoms with E-state index in [4.69, 9.17) is 4.74 Å². The van der Waals surface area contributed by atoms with E-state index < -0.39 is 0 Å². The average Bonchev–Trinajstić information content (AvgIpc) is 2.29. The van der Waals surface area contributed by atoms with Crippen molar-refractivity contribution in [3.05, 3.63) is 29.6 Å².